The van der Waals surface area contributed by atoms with Gasteiger partial charge in [-0.3, -0.25) is 13.6 Å². The molecule has 0 saturated carbocycles. The van der Waals surface area contributed by atoms with E-state index < -0.39 is 7.82 Å². The number of rotatable bonds is 49. The molecule has 0 bridgehead atoms. The van der Waals surface area contributed by atoms with Crippen molar-refractivity contribution in [2.24, 2.45) is 0 Å². The van der Waals surface area contributed by atoms with Crippen LogP contribution in [0.25, 0.3) is 0 Å². The SMILES string of the molecule is CCCCCCCCC=CCCCCCCCCOP(=O)(OCCCCCCCCCCCCCCCC)OCCCCCCCCCCCCCCCC. The molecule has 55 heavy (non-hydrogen) atoms. The summed E-state index contributed by atoms with van der Waals surface area (Å²) in [5.41, 5.74) is 0. The highest BCUT2D eigenvalue weighted by atomic mass is 31.2. The van der Waals surface area contributed by atoms with Gasteiger partial charge in [0.15, 0.2) is 0 Å². The Kier molecular flexibility index (Phi) is 48.1. The summed E-state index contributed by atoms with van der Waals surface area (Å²) in [6.07, 6.45) is 59.8. The van der Waals surface area contributed by atoms with Crippen molar-refractivity contribution < 1.29 is 18.1 Å². The van der Waals surface area contributed by atoms with Crippen molar-refractivity contribution in [1.29, 1.82) is 0 Å². The molecule has 0 aromatic carbocycles. The molecule has 0 N–H and O–H groups in total. The largest absolute Gasteiger partial charge is 0.474 e. The van der Waals surface area contributed by atoms with Gasteiger partial charge >= 0.3 is 7.82 Å². The topological polar surface area (TPSA) is 44.8 Å². The summed E-state index contributed by atoms with van der Waals surface area (Å²) in [5, 5.41) is 0. The van der Waals surface area contributed by atoms with E-state index in [4.69, 9.17) is 13.6 Å². The second kappa shape index (κ2) is 48.2. The van der Waals surface area contributed by atoms with Crippen LogP contribution in [-0.2, 0) is 18.1 Å². The normalized spacial score (nSPS) is 12.1. The summed E-state index contributed by atoms with van der Waals surface area (Å²) in [7, 11) is -3.49. The molecule has 5 heteroatoms. The third-order valence-corrected chi connectivity index (χ3v) is 12.9. The molecule has 0 saturated heterocycles. The summed E-state index contributed by atoms with van der Waals surface area (Å²) in [5.74, 6) is 0. The van der Waals surface area contributed by atoms with Crippen molar-refractivity contribution in [3.05, 3.63) is 12.2 Å². The predicted molar refractivity (Wildman–Crippen MR) is 246 cm³/mol. The van der Waals surface area contributed by atoms with Gasteiger partial charge in [0, 0.05) is 0 Å². The first kappa shape index (κ1) is 54.9. The summed E-state index contributed by atoms with van der Waals surface area (Å²) < 4.78 is 31.2. The fourth-order valence-corrected chi connectivity index (χ4v) is 8.87. The lowest BCUT2D eigenvalue weighted by Crippen LogP contribution is -2.04. The van der Waals surface area contributed by atoms with Crippen molar-refractivity contribution >= 4 is 7.82 Å². The molecule has 330 valence electrons. The fourth-order valence-electron chi connectivity index (χ4n) is 7.58. The first-order valence-corrected chi connectivity index (χ1v) is 26.8. The molecule has 0 radical (unpaired) electrons. The van der Waals surface area contributed by atoms with Crippen LogP contribution in [0.15, 0.2) is 12.2 Å². The average Bonchev–Trinajstić information content (AvgIpc) is 3.19. The smallest absolute Gasteiger partial charge is 0.287 e. The van der Waals surface area contributed by atoms with Crippen LogP contribution >= 0.6 is 7.82 Å². The zero-order valence-corrected chi connectivity index (χ0v) is 38.9. The van der Waals surface area contributed by atoms with E-state index in [1.807, 2.05) is 0 Å². The molecule has 4 nitrogen and oxygen atoms in total. The summed E-state index contributed by atoms with van der Waals surface area (Å²) >= 11 is 0. The predicted octanol–water partition coefficient (Wildman–Crippen LogP) is 19.1. The second-order valence-electron chi connectivity index (χ2n) is 17.1. The van der Waals surface area contributed by atoms with Crippen molar-refractivity contribution in [3.8, 4) is 0 Å². The molecule has 0 spiro atoms. The van der Waals surface area contributed by atoms with Crippen LogP contribution in [0.1, 0.15) is 290 Å². The highest BCUT2D eigenvalue weighted by molar-refractivity contribution is 7.48. The number of allylic oxidation sites excluding steroid dienone is 2. The maximum Gasteiger partial charge on any atom is 0.474 e. The van der Waals surface area contributed by atoms with E-state index in [1.54, 1.807) is 0 Å². The average molecular weight is 797 g/mol. The van der Waals surface area contributed by atoms with Gasteiger partial charge in [0.1, 0.15) is 0 Å². The molecule has 0 unspecified atom stereocenters. The van der Waals surface area contributed by atoms with Gasteiger partial charge in [0.25, 0.3) is 0 Å². The Hall–Kier alpha value is -0.150. The quantitative estimate of drug-likeness (QED) is 0.0349. The number of hydrogen-bond acceptors (Lipinski definition) is 4. The molecular formula is C50H101O4P. The first-order chi connectivity index (χ1) is 27.2. The van der Waals surface area contributed by atoms with Gasteiger partial charge in [-0.05, 0) is 44.9 Å². The van der Waals surface area contributed by atoms with Crippen molar-refractivity contribution in [2.45, 2.75) is 290 Å². The molecule has 0 aromatic heterocycles. The molecule has 0 aliphatic heterocycles. The number of hydrogen-bond donors (Lipinski definition) is 0. The Morgan fingerprint density at radius 1 is 0.273 bits per heavy atom. The van der Waals surface area contributed by atoms with Crippen molar-refractivity contribution in [3.63, 3.8) is 0 Å². The van der Waals surface area contributed by atoms with E-state index in [0.29, 0.717) is 19.8 Å². The highest BCUT2D eigenvalue weighted by Crippen LogP contribution is 2.50. The molecule has 0 aliphatic rings. The lowest BCUT2D eigenvalue weighted by atomic mass is 10.0. The number of unbranched alkanes of at least 4 members (excludes halogenated alkanes) is 38. The lowest BCUT2D eigenvalue weighted by Gasteiger charge is -2.18. The molecule has 0 heterocycles. The highest BCUT2D eigenvalue weighted by Gasteiger charge is 2.26. The van der Waals surface area contributed by atoms with Crippen LogP contribution in [-0.4, -0.2) is 19.8 Å². The minimum Gasteiger partial charge on any atom is -0.287 e. The van der Waals surface area contributed by atoms with Crippen molar-refractivity contribution in [1.82, 2.24) is 0 Å². The summed E-state index contributed by atoms with van der Waals surface area (Å²) in [6, 6.07) is 0. The second-order valence-corrected chi connectivity index (χ2v) is 18.7. The van der Waals surface area contributed by atoms with Crippen LogP contribution in [0.5, 0.6) is 0 Å². The molecule has 0 fully saturated rings. The third kappa shape index (κ3) is 46.4. The molecule has 0 aliphatic carbocycles. The summed E-state index contributed by atoms with van der Waals surface area (Å²) in [4.78, 5) is 0. The number of phosphoric ester groups is 1. The van der Waals surface area contributed by atoms with Gasteiger partial charge in [-0.25, -0.2) is 4.57 Å². The van der Waals surface area contributed by atoms with Gasteiger partial charge < -0.3 is 0 Å². The van der Waals surface area contributed by atoms with Crippen LogP contribution in [0.2, 0.25) is 0 Å². The van der Waals surface area contributed by atoms with E-state index >= 15 is 0 Å². The van der Waals surface area contributed by atoms with Crippen LogP contribution in [0.3, 0.4) is 0 Å². The monoisotopic (exact) mass is 797 g/mol. The molecular weight excluding hydrogens is 696 g/mol. The summed E-state index contributed by atoms with van der Waals surface area (Å²) in [6.45, 7) is 8.28. The van der Waals surface area contributed by atoms with Crippen LogP contribution in [0.4, 0.5) is 0 Å². The Labute approximate surface area is 347 Å². The van der Waals surface area contributed by atoms with E-state index in [-0.39, 0.29) is 0 Å². The van der Waals surface area contributed by atoms with Crippen LogP contribution < -0.4 is 0 Å². The Balaban J connectivity index is 4.11. The fraction of sp³-hybridized carbons (Fsp3) is 0.960. The van der Waals surface area contributed by atoms with E-state index in [2.05, 4.69) is 32.9 Å². The Morgan fingerprint density at radius 2 is 0.455 bits per heavy atom. The minimum atomic E-state index is -3.49. The molecule has 0 amide bonds. The molecule has 0 aromatic rings. The minimum absolute atomic E-state index is 0.468. The first-order valence-electron chi connectivity index (χ1n) is 25.4. The molecule has 0 atom stereocenters. The maximum atomic E-state index is 13.6. The van der Waals surface area contributed by atoms with Gasteiger partial charge in [-0.1, -0.05) is 258 Å². The lowest BCUT2D eigenvalue weighted by molar-refractivity contribution is 0.108. The Bertz CT molecular complexity index is 733. The van der Waals surface area contributed by atoms with E-state index in [1.165, 1.54) is 231 Å². The van der Waals surface area contributed by atoms with Gasteiger partial charge in [-0.2, -0.15) is 0 Å². The third-order valence-electron chi connectivity index (χ3n) is 11.4. The standard InChI is InChI=1S/C50H101O4P/c1-4-7-10-13-16-19-22-25-28-29-32-35-38-41-44-47-50-54-55(51,52-48-45-42-39-36-33-30-26-23-20-17-14-11-8-5-2)53-49-46-43-40-37-34-31-27-24-21-18-15-12-9-6-3/h25,28H,4-24,26-27,29-50H2,1-3H3. The van der Waals surface area contributed by atoms with E-state index in [9.17, 15) is 4.57 Å². The van der Waals surface area contributed by atoms with Gasteiger partial charge in [0.2, 0.25) is 0 Å². The van der Waals surface area contributed by atoms with Crippen molar-refractivity contribution in [2.75, 3.05) is 19.8 Å². The maximum absolute atomic E-state index is 13.6. The number of phosphoric acid groups is 1. The van der Waals surface area contributed by atoms with Gasteiger partial charge in [-0.15, -0.1) is 0 Å². The Morgan fingerprint density at radius 3 is 0.673 bits per heavy atom. The molecule has 0 rings (SSSR count). The zero-order chi connectivity index (χ0) is 39.9. The zero-order valence-electron chi connectivity index (χ0n) is 38.1. The van der Waals surface area contributed by atoms with Gasteiger partial charge in [0.05, 0.1) is 19.8 Å². The van der Waals surface area contributed by atoms with Crippen LogP contribution in [0, 0.1) is 0 Å². The van der Waals surface area contributed by atoms with E-state index in [0.717, 1.165) is 38.5 Å².